The van der Waals surface area contributed by atoms with E-state index in [0.717, 1.165) is 6.42 Å². The average molecular weight is 221 g/mol. The van der Waals surface area contributed by atoms with Crippen LogP contribution in [0.1, 0.15) is 34.1 Å². The predicted octanol–water partition coefficient (Wildman–Crippen LogP) is 2.72. The van der Waals surface area contributed by atoms with E-state index in [2.05, 4.69) is 57.0 Å². The van der Waals surface area contributed by atoms with E-state index in [9.17, 15) is 0 Å². The van der Waals surface area contributed by atoms with E-state index in [1.807, 2.05) is 12.1 Å². The second-order valence-corrected chi connectivity index (χ2v) is 4.37. The number of nitrogens with one attached hydrogen (secondary N) is 2. The first-order chi connectivity index (χ1) is 7.60. The molecule has 0 saturated carbocycles. The van der Waals surface area contributed by atoms with Crippen LogP contribution in [-0.4, -0.2) is 12.1 Å². The summed E-state index contributed by atoms with van der Waals surface area (Å²) >= 11 is 0. The Labute approximate surface area is 98.8 Å². The summed E-state index contributed by atoms with van der Waals surface area (Å²) in [6.45, 7) is 8.79. The third-order valence-electron chi connectivity index (χ3n) is 2.85. The van der Waals surface area contributed by atoms with E-state index >= 15 is 0 Å². The van der Waals surface area contributed by atoms with Gasteiger partial charge in [0, 0.05) is 13.2 Å². The standard InChI is InChI=1S/C13H23N3/c1-6-11(4)13-9-12(10(2)3)7-8-16(13)15-14-5/h7-10,14-15H,6H2,1-5H3/b13-11-. The molecule has 16 heavy (non-hydrogen) atoms. The molecule has 3 heteroatoms. The van der Waals surface area contributed by atoms with Crippen molar-refractivity contribution in [1.82, 2.24) is 16.0 Å². The third-order valence-corrected chi connectivity index (χ3v) is 2.85. The lowest BCUT2D eigenvalue weighted by Crippen LogP contribution is -2.42. The van der Waals surface area contributed by atoms with Crippen molar-refractivity contribution in [2.24, 2.45) is 5.92 Å². The molecular formula is C13H23N3. The highest BCUT2D eigenvalue weighted by Crippen LogP contribution is 2.23. The van der Waals surface area contributed by atoms with Gasteiger partial charge in [-0.3, -0.25) is 5.01 Å². The topological polar surface area (TPSA) is 27.3 Å². The molecule has 0 saturated heterocycles. The number of nitrogens with zero attached hydrogens (tertiary/aromatic N) is 1. The summed E-state index contributed by atoms with van der Waals surface area (Å²) < 4.78 is 0. The molecule has 0 unspecified atom stereocenters. The van der Waals surface area contributed by atoms with E-state index in [1.165, 1.54) is 16.8 Å². The Balaban J connectivity index is 3.01. The molecule has 0 aromatic heterocycles. The van der Waals surface area contributed by atoms with Crippen molar-refractivity contribution in [3.63, 3.8) is 0 Å². The van der Waals surface area contributed by atoms with Crippen molar-refractivity contribution in [2.75, 3.05) is 7.05 Å². The number of hydrogen-bond donors (Lipinski definition) is 2. The smallest absolute Gasteiger partial charge is 0.0576 e. The molecule has 0 aliphatic carbocycles. The Morgan fingerprint density at radius 1 is 1.44 bits per heavy atom. The van der Waals surface area contributed by atoms with Crippen LogP contribution in [0.5, 0.6) is 0 Å². The number of hydrogen-bond acceptors (Lipinski definition) is 3. The molecule has 0 fully saturated rings. The van der Waals surface area contributed by atoms with Crippen LogP contribution >= 0.6 is 0 Å². The summed E-state index contributed by atoms with van der Waals surface area (Å²) in [5.74, 6) is 0.563. The van der Waals surface area contributed by atoms with Crippen LogP contribution in [0.2, 0.25) is 0 Å². The maximum atomic E-state index is 3.10. The Hall–Kier alpha value is -1.06. The lowest BCUT2D eigenvalue weighted by molar-refractivity contribution is 0.295. The maximum absolute atomic E-state index is 3.10. The third kappa shape index (κ3) is 2.97. The Morgan fingerprint density at radius 2 is 2.12 bits per heavy atom. The van der Waals surface area contributed by atoms with Crippen LogP contribution < -0.4 is 11.0 Å². The zero-order chi connectivity index (χ0) is 12.1. The minimum atomic E-state index is 0.563. The van der Waals surface area contributed by atoms with Crippen molar-refractivity contribution >= 4 is 0 Å². The van der Waals surface area contributed by atoms with E-state index in [0.29, 0.717) is 5.92 Å². The highest BCUT2D eigenvalue weighted by molar-refractivity contribution is 5.37. The molecule has 0 spiro atoms. The number of rotatable bonds is 4. The summed E-state index contributed by atoms with van der Waals surface area (Å²) in [6.07, 6.45) is 7.54. The van der Waals surface area contributed by atoms with Crippen LogP contribution in [0, 0.1) is 5.92 Å². The summed E-state index contributed by atoms with van der Waals surface area (Å²) in [6, 6.07) is 0. The van der Waals surface area contributed by atoms with Gasteiger partial charge in [0.05, 0.1) is 5.70 Å². The fraction of sp³-hybridized carbons (Fsp3) is 0.538. The molecule has 2 N–H and O–H groups in total. The van der Waals surface area contributed by atoms with E-state index < -0.39 is 0 Å². The average Bonchev–Trinajstić information content (AvgIpc) is 2.28. The van der Waals surface area contributed by atoms with Crippen LogP contribution in [0.3, 0.4) is 0 Å². The molecule has 0 aromatic carbocycles. The number of allylic oxidation sites excluding steroid dienone is 4. The van der Waals surface area contributed by atoms with Gasteiger partial charge >= 0.3 is 0 Å². The lowest BCUT2D eigenvalue weighted by atomic mass is 9.98. The van der Waals surface area contributed by atoms with Crippen molar-refractivity contribution in [2.45, 2.75) is 34.1 Å². The molecule has 0 atom stereocenters. The largest absolute Gasteiger partial charge is 0.271 e. The lowest BCUT2D eigenvalue weighted by Gasteiger charge is -2.28. The molecule has 0 radical (unpaired) electrons. The Kier molecular flexibility index (Phi) is 4.77. The zero-order valence-electron chi connectivity index (χ0n) is 11.0. The van der Waals surface area contributed by atoms with Crippen LogP contribution in [0.15, 0.2) is 35.2 Å². The number of hydrazine groups is 2. The first-order valence-electron chi connectivity index (χ1n) is 5.91. The quantitative estimate of drug-likeness (QED) is 0.715. The van der Waals surface area contributed by atoms with E-state index in [4.69, 9.17) is 0 Å². The summed E-state index contributed by atoms with van der Waals surface area (Å²) in [5, 5.41) is 2.02. The highest BCUT2D eigenvalue weighted by atomic mass is 15.7. The van der Waals surface area contributed by atoms with Gasteiger partial charge in [0.1, 0.15) is 0 Å². The molecule has 0 bridgehead atoms. The van der Waals surface area contributed by atoms with Gasteiger partial charge in [-0.15, -0.1) is 0 Å². The Bertz CT molecular complexity index is 324. The van der Waals surface area contributed by atoms with Crippen molar-refractivity contribution < 1.29 is 0 Å². The Morgan fingerprint density at radius 3 is 2.62 bits per heavy atom. The summed E-state index contributed by atoms with van der Waals surface area (Å²) in [5.41, 5.74) is 10.0. The fourth-order valence-corrected chi connectivity index (χ4v) is 1.60. The second kappa shape index (κ2) is 5.87. The molecule has 1 rings (SSSR count). The van der Waals surface area contributed by atoms with Crippen LogP contribution in [0.4, 0.5) is 0 Å². The van der Waals surface area contributed by atoms with Gasteiger partial charge in [-0.05, 0) is 42.6 Å². The van der Waals surface area contributed by atoms with Gasteiger partial charge in [0.25, 0.3) is 0 Å². The molecule has 1 aliphatic heterocycles. The normalized spacial score (nSPS) is 19.1. The molecule has 1 aliphatic rings. The SMILES string of the molecule is CC/C(C)=C1/C=C(C(C)C)C=CN1NNC. The van der Waals surface area contributed by atoms with Crippen LogP contribution in [-0.2, 0) is 0 Å². The van der Waals surface area contributed by atoms with Crippen molar-refractivity contribution in [1.29, 1.82) is 0 Å². The van der Waals surface area contributed by atoms with Crippen molar-refractivity contribution in [3.8, 4) is 0 Å². The fourth-order valence-electron chi connectivity index (χ4n) is 1.60. The maximum Gasteiger partial charge on any atom is 0.0576 e. The minimum absolute atomic E-state index is 0.563. The first-order valence-corrected chi connectivity index (χ1v) is 5.91. The van der Waals surface area contributed by atoms with Gasteiger partial charge in [-0.2, -0.15) is 5.53 Å². The summed E-state index contributed by atoms with van der Waals surface area (Å²) in [7, 11) is 1.87. The van der Waals surface area contributed by atoms with Crippen LogP contribution in [0.25, 0.3) is 0 Å². The molecule has 90 valence electrons. The predicted molar refractivity (Wildman–Crippen MR) is 69.1 cm³/mol. The van der Waals surface area contributed by atoms with Gasteiger partial charge in [0.2, 0.25) is 0 Å². The molecule has 3 nitrogen and oxygen atoms in total. The second-order valence-electron chi connectivity index (χ2n) is 4.37. The molecule has 0 aromatic rings. The molecular weight excluding hydrogens is 198 g/mol. The molecule has 1 heterocycles. The highest BCUT2D eigenvalue weighted by Gasteiger charge is 2.13. The minimum Gasteiger partial charge on any atom is -0.271 e. The van der Waals surface area contributed by atoms with E-state index in [-0.39, 0.29) is 0 Å². The van der Waals surface area contributed by atoms with Gasteiger partial charge in [0.15, 0.2) is 0 Å². The molecule has 0 amide bonds. The van der Waals surface area contributed by atoms with Crippen molar-refractivity contribution in [3.05, 3.63) is 35.2 Å². The van der Waals surface area contributed by atoms with E-state index in [1.54, 1.807) is 0 Å². The summed E-state index contributed by atoms with van der Waals surface area (Å²) in [4.78, 5) is 0. The van der Waals surface area contributed by atoms with Gasteiger partial charge in [-0.1, -0.05) is 20.8 Å². The first kappa shape index (κ1) is 13.0. The van der Waals surface area contributed by atoms with Gasteiger partial charge < -0.3 is 0 Å². The zero-order valence-corrected chi connectivity index (χ0v) is 11.0. The van der Waals surface area contributed by atoms with Gasteiger partial charge in [-0.25, -0.2) is 5.43 Å². The monoisotopic (exact) mass is 221 g/mol.